The Morgan fingerprint density at radius 2 is 1.85 bits per heavy atom. The molecule has 1 aliphatic heterocycles. The smallest absolute Gasteiger partial charge is 0.410 e. The van der Waals surface area contributed by atoms with Crippen molar-refractivity contribution in [3.63, 3.8) is 0 Å². The predicted octanol–water partition coefficient (Wildman–Crippen LogP) is 4.15. The van der Waals surface area contributed by atoms with Gasteiger partial charge < -0.3 is 19.3 Å². The highest BCUT2D eigenvalue weighted by Crippen LogP contribution is 2.31. The molecule has 0 spiro atoms. The molecule has 2 amide bonds. The largest absolute Gasteiger partial charge is 0.491 e. The summed E-state index contributed by atoms with van der Waals surface area (Å²) in [6, 6.07) is 7.99. The molecule has 0 radical (unpaired) electrons. The number of benzene rings is 1. The van der Waals surface area contributed by atoms with Crippen molar-refractivity contribution in [2.45, 2.75) is 65.5 Å². The van der Waals surface area contributed by atoms with Crippen LogP contribution in [0.25, 0.3) is 0 Å². The molecule has 1 N–H and O–H groups in total. The lowest BCUT2D eigenvalue weighted by molar-refractivity contribution is 0.0221. The molecular formula is C25H36N4O4. The van der Waals surface area contributed by atoms with Crippen LogP contribution in [0, 0.1) is 0 Å². The van der Waals surface area contributed by atoms with Gasteiger partial charge in [-0.05, 0) is 44.2 Å². The van der Waals surface area contributed by atoms with E-state index in [1.165, 1.54) is 0 Å². The first-order valence-electron chi connectivity index (χ1n) is 11.4. The van der Waals surface area contributed by atoms with Crippen LogP contribution >= 0.6 is 0 Å². The Morgan fingerprint density at radius 1 is 1.15 bits per heavy atom. The van der Waals surface area contributed by atoms with E-state index in [1.54, 1.807) is 16.8 Å². The topological polar surface area (TPSA) is 87.8 Å². The second-order valence-electron chi connectivity index (χ2n) is 10.5. The van der Waals surface area contributed by atoms with Crippen molar-refractivity contribution in [1.29, 1.82) is 0 Å². The van der Waals surface area contributed by atoms with Crippen LogP contribution in [0.2, 0.25) is 0 Å². The number of nitrogens with one attached hydrogen (secondary N) is 1. The summed E-state index contributed by atoms with van der Waals surface area (Å²) < 4.78 is 11.5. The number of hydrogen-bond acceptors (Lipinski definition) is 5. The number of fused-ring (bicyclic) bond motifs is 1. The van der Waals surface area contributed by atoms with Gasteiger partial charge in [-0.15, -0.1) is 0 Å². The minimum absolute atomic E-state index is 0.0282. The summed E-state index contributed by atoms with van der Waals surface area (Å²) in [5.41, 5.74) is 2.61. The molecule has 2 heterocycles. The van der Waals surface area contributed by atoms with Crippen LogP contribution in [0.3, 0.4) is 0 Å². The van der Waals surface area contributed by atoms with Crippen LogP contribution in [0.1, 0.15) is 68.9 Å². The lowest BCUT2D eigenvalue weighted by Gasteiger charge is -2.30. The Labute approximate surface area is 196 Å². The van der Waals surface area contributed by atoms with Gasteiger partial charge in [-0.2, -0.15) is 5.10 Å². The number of aromatic amines is 1. The van der Waals surface area contributed by atoms with E-state index in [-0.39, 0.29) is 17.4 Å². The van der Waals surface area contributed by atoms with E-state index < -0.39 is 5.60 Å². The molecule has 2 aromatic rings. The van der Waals surface area contributed by atoms with E-state index in [1.807, 2.05) is 39.0 Å². The summed E-state index contributed by atoms with van der Waals surface area (Å²) in [4.78, 5) is 28.7. The molecule has 1 aromatic carbocycles. The van der Waals surface area contributed by atoms with Crippen molar-refractivity contribution >= 4 is 12.0 Å². The van der Waals surface area contributed by atoms with Gasteiger partial charge in [0.05, 0.1) is 18.8 Å². The maximum Gasteiger partial charge on any atom is 0.410 e. The number of aromatic nitrogens is 2. The number of ether oxygens (including phenoxy) is 2. The molecule has 0 atom stereocenters. The van der Waals surface area contributed by atoms with Crippen LogP contribution in [0.15, 0.2) is 24.3 Å². The van der Waals surface area contributed by atoms with Crippen molar-refractivity contribution < 1.29 is 19.1 Å². The lowest BCUT2D eigenvalue weighted by atomic mass is 9.86. The third-order valence-electron chi connectivity index (χ3n) is 5.51. The fourth-order valence-electron chi connectivity index (χ4n) is 3.76. The van der Waals surface area contributed by atoms with Crippen molar-refractivity contribution in [1.82, 2.24) is 20.0 Å². The molecule has 0 fully saturated rings. The second kappa shape index (κ2) is 9.45. The maximum atomic E-state index is 13.0. The quantitative estimate of drug-likeness (QED) is 0.730. The van der Waals surface area contributed by atoms with Gasteiger partial charge in [0.2, 0.25) is 0 Å². The first-order chi connectivity index (χ1) is 15.4. The number of rotatable bonds is 5. The fourth-order valence-corrected chi connectivity index (χ4v) is 3.76. The standard InChI is InChI=1S/C25H36N4O4/c1-24(2,3)18-10-8-9-11-20(18)32-15-14-28(7)22(30)21-17-12-13-29(16-19(17)26-27-21)23(31)33-25(4,5)6/h8-11H,12-16H2,1-7H3,(H,26,27). The average Bonchev–Trinajstić information content (AvgIpc) is 3.14. The monoisotopic (exact) mass is 456 g/mol. The minimum Gasteiger partial charge on any atom is -0.491 e. The Bertz CT molecular complexity index is 1000. The molecule has 0 aliphatic carbocycles. The van der Waals surface area contributed by atoms with Gasteiger partial charge in [0.25, 0.3) is 5.91 Å². The van der Waals surface area contributed by atoms with Gasteiger partial charge in [0, 0.05) is 19.2 Å². The third-order valence-corrected chi connectivity index (χ3v) is 5.51. The van der Waals surface area contributed by atoms with Gasteiger partial charge in [-0.1, -0.05) is 39.0 Å². The molecule has 1 aromatic heterocycles. The van der Waals surface area contributed by atoms with Gasteiger partial charge in [-0.3, -0.25) is 9.89 Å². The molecule has 0 bridgehead atoms. The van der Waals surface area contributed by atoms with E-state index in [0.29, 0.717) is 38.4 Å². The average molecular weight is 457 g/mol. The van der Waals surface area contributed by atoms with Crippen LogP contribution in [0.4, 0.5) is 4.79 Å². The van der Waals surface area contributed by atoms with Gasteiger partial charge in [0.15, 0.2) is 5.69 Å². The summed E-state index contributed by atoms with van der Waals surface area (Å²) >= 11 is 0. The van der Waals surface area contributed by atoms with Crippen LogP contribution in [-0.2, 0) is 23.1 Å². The van der Waals surface area contributed by atoms with E-state index in [0.717, 1.165) is 22.6 Å². The maximum absolute atomic E-state index is 13.0. The molecule has 8 heteroatoms. The molecule has 3 rings (SSSR count). The van der Waals surface area contributed by atoms with Gasteiger partial charge >= 0.3 is 6.09 Å². The Balaban J connectivity index is 1.59. The molecule has 33 heavy (non-hydrogen) atoms. The zero-order chi connectivity index (χ0) is 24.4. The zero-order valence-electron chi connectivity index (χ0n) is 20.8. The first-order valence-corrected chi connectivity index (χ1v) is 11.4. The summed E-state index contributed by atoms with van der Waals surface area (Å²) in [6.07, 6.45) is 0.190. The van der Waals surface area contributed by atoms with E-state index in [4.69, 9.17) is 9.47 Å². The number of para-hydroxylation sites is 1. The van der Waals surface area contributed by atoms with E-state index in [2.05, 4.69) is 37.0 Å². The zero-order valence-corrected chi connectivity index (χ0v) is 20.8. The van der Waals surface area contributed by atoms with Crippen LogP contribution in [0.5, 0.6) is 5.75 Å². The summed E-state index contributed by atoms with van der Waals surface area (Å²) in [7, 11) is 1.75. The molecule has 0 unspecified atom stereocenters. The minimum atomic E-state index is -0.551. The molecule has 1 aliphatic rings. The van der Waals surface area contributed by atoms with Crippen molar-refractivity contribution in [2.24, 2.45) is 0 Å². The highest BCUT2D eigenvalue weighted by Gasteiger charge is 2.30. The normalized spacial score (nSPS) is 14.0. The third kappa shape index (κ3) is 6.06. The SMILES string of the molecule is CN(CCOc1ccccc1C(C)(C)C)C(=O)c1n[nH]c2c1CCN(C(=O)OC(C)(C)C)C2. The molecule has 8 nitrogen and oxygen atoms in total. The number of carbonyl (C=O) groups is 2. The Kier molecular flexibility index (Phi) is 7.05. The number of amides is 2. The summed E-state index contributed by atoms with van der Waals surface area (Å²) in [5.74, 6) is 0.677. The van der Waals surface area contributed by atoms with Crippen LogP contribution in [-0.4, -0.2) is 64.3 Å². The summed E-state index contributed by atoms with van der Waals surface area (Å²) in [6.45, 7) is 13.6. The molecule has 0 saturated heterocycles. The molecular weight excluding hydrogens is 420 g/mol. The highest BCUT2D eigenvalue weighted by atomic mass is 16.6. The van der Waals surface area contributed by atoms with E-state index >= 15 is 0 Å². The fraction of sp³-hybridized carbons (Fsp3) is 0.560. The lowest BCUT2D eigenvalue weighted by Crippen LogP contribution is -2.40. The van der Waals surface area contributed by atoms with Crippen molar-refractivity contribution in [3.05, 3.63) is 46.8 Å². The first kappa shape index (κ1) is 24.6. The van der Waals surface area contributed by atoms with E-state index in [9.17, 15) is 9.59 Å². The molecule has 0 saturated carbocycles. The van der Waals surface area contributed by atoms with Crippen LogP contribution < -0.4 is 4.74 Å². The Morgan fingerprint density at radius 3 is 2.52 bits per heavy atom. The number of nitrogens with zero attached hydrogens (tertiary/aromatic N) is 3. The number of carbonyl (C=O) groups excluding carboxylic acids is 2. The summed E-state index contributed by atoms with van der Waals surface area (Å²) in [5, 5.41) is 7.20. The number of hydrogen-bond donors (Lipinski definition) is 1. The number of likely N-dealkylation sites (N-methyl/N-ethyl adjacent to an activating group) is 1. The Hall–Kier alpha value is -3.03. The van der Waals surface area contributed by atoms with Gasteiger partial charge in [-0.25, -0.2) is 4.79 Å². The second-order valence-corrected chi connectivity index (χ2v) is 10.5. The highest BCUT2D eigenvalue weighted by molar-refractivity contribution is 5.94. The van der Waals surface area contributed by atoms with Gasteiger partial charge in [0.1, 0.15) is 18.0 Å². The number of H-pyrrole nitrogens is 1. The van der Waals surface area contributed by atoms with Crippen molar-refractivity contribution in [2.75, 3.05) is 26.7 Å². The predicted molar refractivity (Wildman–Crippen MR) is 127 cm³/mol. The molecule has 180 valence electrons. The van der Waals surface area contributed by atoms with Crippen molar-refractivity contribution in [3.8, 4) is 5.75 Å².